The normalized spacial score (nSPS) is 12.7. The number of methoxy groups -OCH3 is 1. The van der Waals surface area contributed by atoms with Crippen LogP contribution in [0.15, 0.2) is 12.1 Å². The molecule has 0 unspecified atom stereocenters. The van der Waals surface area contributed by atoms with Crippen LogP contribution in [0.4, 0.5) is 26.3 Å². The molecule has 0 spiro atoms. The van der Waals surface area contributed by atoms with Gasteiger partial charge in [0.2, 0.25) is 0 Å². The molecule has 0 amide bonds. The first kappa shape index (κ1) is 14.4. The van der Waals surface area contributed by atoms with Crippen molar-refractivity contribution < 1.29 is 31.1 Å². The highest BCUT2D eigenvalue weighted by Crippen LogP contribution is 2.44. The largest absolute Gasteiger partial charge is 0.496 e. The summed E-state index contributed by atoms with van der Waals surface area (Å²) >= 11 is 1.19. The van der Waals surface area contributed by atoms with E-state index in [1.54, 1.807) is 0 Å². The molecular formula is C9H5F6IO. The number of rotatable bonds is 1. The third-order valence-corrected chi connectivity index (χ3v) is 2.99. The van der Waals surface area contributed by atoms with Crippen LogP contribution in [0, 0.1) is 3.57 Å². The van der Waals surface area contributed by atoms with Gasteiger partial charge in [0.05, 0.1) is 21.8 Å². The highest BCUT2D eigenvalue weighted by Gasteiger charge is 2.45. The second-order valence-corrected chi connectivity index (χ2v) is 4.08. The lowest BCUT2D eigenvalue weighted by molar-refractivity contribution is -0.162. The molecule has 0 bridgehead atoms. The Labute approximate surface area is 106 Å². The van der Waals surface area contributed by atoms with Crippen molar-refractivity contribution in [2.75, 3.05) is 7.11 Å². The predicted molar refractivity (Wildman–Crippen MR) is 55.7 cm³/mol. The summed E-state index contributed by atoms with van der Waals surface area (Å²) in [4.78, 5) is 0. The Hall–Kier alpha value is -0.670. The molecule has 17 heavy (non-hydrogen) atoms. The fourth-order valence-electron chi connectivity index (χ4n) is 1.23. The maximum absolute atomic E-state index is 12.6. The molecule has 8 heteroatoms. The second-order valence-electron chi connectivity index (χ2n) is 3.00. The average molecular weight is 370 g/mol. The van der Waals surface area contributed by atoms with E-state index < -0.39 is 27.0 Å². The van der Waals surface area contributed by atoms with Crippen LogP contribution < -0.4 is 4.74 Å². The van der Waals surface area contributed by atoms with Crippen molar-refractivity contribution in [1.82, 2.24) is 0 Å². The second kappa shape index (κ2) is 4.54. The van der Waals surface area contributed by atoms with E-state index in [1.807, 2.05) is 0 Å². The summed E-state index contributed by atoms with van der Waals surface area (Å²) in [5, 5.41) is 0. The van der Waals surface area contributed by atoms with Gasteiger partial charge in [-0.2, -0.15) is 26.3 Å². The lowest BCUT2D eigenvalue weighted by atomic mass is 10.1. The van der Waals surface area contributed by atoms with Gasteiger partial charge in [0.15, 0.2) is 0 Å². The topological polar surface area (TPSA) is 9.23 Å². The van der Waals surface area contributed by atoms with Crippen molar-refractivity contribution in [3.8, 4) is 5.75 Å². The van der Waals surface area contributed by atoms with E-state index in [1.165, 1.54) is 22.6 Å². The molecule has 1 nitrogen and oxygen atoms in total. The first-order chi connectivity index (χ1) is 7.59. The summed E-state index contributed by atoms with van der Waals surface area (Å²) < 4.78 is 79.1. The number of hydrogen-bond donors (Lipinski definition) is 0. The van der Waals surface area contributed by atoms with Gasteiger partial charge in [-0.25, -0.2) is 0 Å². The molecule has 1 rings (SSSR count). The predicted octanol–water partition coefficient (Wildman–Crippen LogP) is 4.34. The minimum Gasteiger partial charge on any atom is -0.496 e. The van der Waals surface area contributed by atoms with Crippen LogP contribution in [-0.4, -0.2) is 7.11 Å². The van der Waals surface area contributed by atoms with Crippen LogP contribution >= 0.6 is 22.6 Å². The van der Waals surface area contributed by atoms with Crippen molar-refractivity contribution in [2.24, 2.45) is 0 Å². The lowest BCUT2D eigenvalue weighted by Gasteiger charge is -2.18. The van der Waals surface area contributed by atoms with E-state index in [2.05, 4.69) is 4.74 Å². The van der Waals surface area contributed by atoms with Gasteiger partial charge in [0, 0.05) is 0 Å². The zero-order valence-electron chi connectivity index (χ0n) is 8.21. The fourth-order valence-corrected chi connectivity index (χ4v) is 2.22. The van der Waals surface area contributed by atoms with E-state index in [0.717, 1.165) is 13.2 Å². The molecule has 0 heterocycles. The van der Waals surface area contributed by atoms with Crippen LogP contribution in [0.1, 0.15) is 11.1 Å². The Balaban J connectivity index is 3.59. The van der Waals surface area contributed by atoms with Crippen molar-refractivity contribution in [2.45, 2.75) is 12.4 Å². The number of halogens is 7. The molecule has 0 aliphatic rings. The molecule has 0 aliphatic heterocycles. The van der Waals surface area contributed by atoms with Gasteiger partial charge < -0.3 is 4.74 Å². The summed E-state index contributed by atoms with van der Waals surface area (Å²) in [5.41, 5.74) is -3.43. The van der Waals surface area contributed by atoms with Gasteiger partial charge in [-0.15, -0.1) is 0 Å². The Morgan fingerprint density at radius 1 is 1.00 bits per heavy atom. The van der Waals surface area contributed by atoms with Gasteiger partial charge in [0.1, 0.15) is 5.75 Å². The molecule has 0 N–H and O–H groups in total. The number of alkyl halides is 6. The van der Waals surface area contributed by atoms with Gasteiger partial charge >= 0.3 is 12.4 Å². The Bertz CT molecular complexity index is 423. The van der Waals surface area contributed by atoms with E-state index in [4.69, 9.17) is 0 Å². The summed E-state index contributed by atoms with van der Waals surface area (Å²) in [6, 6.07) is 1.23. The summed E-state index contributed by atoms with van der Waals surface area (Å²) in [6.07, 6.45) is -10.1. The zero-order chi connectivity index (χ0) is 13.4. The highest BCUT2D eigenvalue weighted by atomic mass is 127. The van der Waals surface area contributed by atoms with Crippen molar-refractivity contribution >= 4 is 22.6 Å². The third kappa shape index (κ3) is 2.96. The fraction of sp³-hybridized carbons (Fsp3) is 0.333. The minimum atomic E-state index is -5.09. The first-order valence-corrected chi connectivity index (χ1v) is 5.17. The van der Waals surface area contributed by atoms with E-state index in [0.29, 0.717) is 6.07 Å². The van der Waals surface area contributed by atoms with Crippen LogP contribution in [-0.2, 0) is 12.4 Å². The number of ether oxygens (including phenoxy) is 1. The van der Waals surface area contributed by atoms with Gasteiger partial charge in [-0.05, 0) is 34.7 Å². The van der Waals surface area contributed by atoms with Gasteiger partial charge in [0.25, 0.3) is 0 Å². The van der Waals surface area contributed by atoms with E-state index >= 15 is 0 Å². The van der Waals surface area contributed by atoms with Gasteiger partial charge in [-0.3, -0.25) is 0 Å². The van der Waals surface area contributed by atoms with E-state index in [9.17, 15) is 26.3 Å². The van der Waals surface area contributed by atoms with Gasteiger partial charge in [-0.1, -0.05) is 0 Å². The summed E-state index contributed by atoms with van der Waals surface area (Å²) in [6.45, 7) is 0. The molecule has 0 aromatic heterocycles. The molecule has 0 atom stereocenters. The van der Waals surface area contributed by atoms with Crippen molar-refractivity contribution in [1.29, 1.82) is 0 Å². The Morgan fingerprint density at radius 2 is 1.53 bits per heavy atom. The molecule has 0 saturated heterocycles. The maximum atomic E-state index is 12.6. The average Bonchev–Trinajstić information content (AvgIpc) is 2.13. The molecule has 0 saturated carbocycles. The SMILES string of the molecule is COc1ccc(C(F)(F)F)c(C(F)(F)F)c1I. The third-order valence-electron chi connectivity index (χ3n) is 1.92. The van der Waals surface area contributed by atoms with E-state index in [-0.39, 0.29) is 5.75 Å². The number of hydrogen-bond acceptors (Lipinski definition) is 1. The zero-order valence-corrected chi connectivity index (χ0v) is 10.4. The first-order valence-electron chi connectivity index (χ1n) is 4.10. The molecular weight excluding hydrogens is 365 g/mol. The molecule has 1 aromatic carbocycles. The van der Waals surface area contributed by atoms with Crippen LogP contribution in [0.25, 0.3) is 0 Å². The smallest absolute Gasteiger partial charge is 0.418 e. The van der Waals surface area contributed by atoms with Crippen molar-refractivity contribution in [3.63, 3.8) is 0 Å². The van der Waals surface area contributed by atoms with Crippen LogP contribution in [0.5, 0.6) is 5.75 Å². The van der Waals surface area contributed by atoms with Crippen LogP contribution in [0.2, 0.25) is 0 Å². The molecule has 0 aliphatic carbocycles. The molecule has 96 valence electrons. The lowest BCUT2D eigenvalue weighted by Crippen LogP contribution is -2.18. The van der Waals surface area contributed by atoms with Crippen molar-refractivity contribution in [3.05, 3.63) is 26.8 Å². The standard InChI is InChI=1S/C9H5F6IO/c1-17-5-3-2-4(8(10,11)12)6(7(5)16)9(13,14)15/h2-3H,1H3. The Morgan fingerprint density at radius 3 is 1.88 bits per heavy atom. The van der Waals surface area contributed by atoms with Crippen LogP contribution in [0.3, 0.4) is 0 Å². The molecule has 0 fully saturated rings. The highest BCUT2D eigenvalue weighted by molar-refractivity contribution is 14.1. The minimum absolute atomic E-state index is 0.245. The quantitative estimate of drug-likeness (QED) is 0.528. The number of benzene rings is 1. The monoisotopic (exact) mass is 370 g/mol. The maximum Gasteiger partial charge on any atom is 0.418 e. The Kier molecular flexibility index (Phi) is 3.84. The molecule has 0 radical (unpaired) electrons. The summed E-state index contributed by atoms with van der Waals surface area (Å²) in [5.74, 6) is -0.245. The summed E-state index contributed by atoms with van der Waals surface area (Å²) in [7, 11) is 1.09. The molecule has 1 aromatic rings.